The van der Waals surface area contributed by atoms with Crippen LogP contribution in [-0.2, 0) is 11.8 Å². The Kier molecular flexibility index (Phi) is 3.79. The number of pyridine rings is 1. The van der Waals surface area contributed by atoms with Gasteiger partial charge >= 0.3 is 0 Å². The van der Waals surface area contributed by atoms with Crippen molar-refractivity contribution in [3.8, 4) is 0 Å². The van der Waals surface area contributed by atoms with Crippen LogP contribution in [0.1, 0.15) is 13.3 Å². The zero-order valence-corrected chi connectivity index (χ0v) is 12.8. The highest BCUT2D eigenvalue weighted by Gasteiger charge is 2.23. The van der Waals surface area contributed by atoms with E-state index in [9.17, 15) is 9.59 Å². The van der Waals surface area contributed by atoms with Crippen LogP contribution in [0.3, 0.4) is 0 Å². The highest BCUT2D eigenvalue weighted by Crippen LogP contribution is 2.14. The van der Waals surface area contributed by atoms with E-state index in [1.807, 2.05) is 22.8 Å². The molecular formula is C15H19N5O2. The second-order valence-corrected chi connectivity index (χ2v) is 5.37. The Balaban J connectivity index is 1.90. The molecule has 7 nitrogen and oxygen atoms in total. The van der Waals surface area contributed by atoms with Gasteiger partial charge in [0.2, 0.25) is 5.91 Å². The van der Waals surface area contributed by atoms with E-state index in [1.165, 1.54) is 4.57 Å². The van der Waals surface area contributed by atoms with Gasteiger partial charge in [0.25, 0.3) is 5.56 Å². The molecule has 0 saturated carbocycles. The molecule has 1 saturated heterocycles. The first-order chi connectivity index (χ1) is 10.6. The van der Waals surface area contributed by atoms with Crippen LogP contribution in [0.5, 0.6) is 0 Å². The number of fused-ring (bicyclic) bond motifs is 1. The van der Waals surface area contributed by atoms with Gasteiger partial charge in [-0.05, 0) is 12.1 Å². The van der Waals surface area contributed by atoms with Crippen LogP contribution >= 0.6 is 0 Å². The summed E-state index contributed by atoms with van der Waals surface area (Å²) in [6.45, 7) is 4.37. The number of nitrogens with zero attached hydrogens (tertiary/aromatic N) is 5. The summed E-state index contributed by atoms with van der Waals surface area (Å²) in [4.78, 5) is 36.7. The third-order valence-corrected chi connectivity index (χ3v) is 4.04. The summed E-state index contributed by atoms with van der Waals surface area (Å²) in [5.41, 5.74) is 1.13. The maximum Gasteiger partial charge on any atom is 0.294 e. The van der Waals surface area contributed by atoms with E-state index in [-0.39, 0.29) is 11.5 Å². The van der Waals surface area contributed by atoms with E-state index in [0.29, 0.717) is 49.6 Å². The van der Waals surface area contributed by atoms with E-state index in [2.05, 4.69) is 9.97 Å². The summed E-state index contributed by atoms with van der Waals surface area (Å²) in [5, 5.41) is 0. The third-order valence-electron chi connectivity index (χ3n) is 4.04. The number of amides is 1. The van der Waals surface area contributed by atoms with E-state index in [0.717, 1.165) is 0 Å². The molecule has 0 spiro atoms. The Morgan fingerprint density at radius 2 is 2.00 bits per heavy atom. The molecule has 0 N–H and O–H groups in total. The summed E-state index contributed by atoms with van der Waals surface area (Å²) in [7, 11) is 1.71. The Morgan fingerprint density at radius 1 is 1.27 bits per heavy atom. The Morgan fingerprint density at radius 3 is 2.68 bits per heavy atom. The highest BCUT2D eigenvalue weighted by atomic mass is 16.2. The largest absolute Gasteiger partial charge is 0.348 e. The van der Waals surface area contributed by atoms with Crippen molar-refractivity contribution in [1.82, 2.24) is 19.4 Å². The molecule has 1 amide bonds. The molecule has 2 aromatic rings. The summed E-state index contributed by atoms with van der Waals surface area (Å²) >= 11 is 0. The minimum absolute atomic E-state index is 0.151. The van der Waals surface area contributed by atoms with Gasteiger partial charge in [-0.1, -0.05) is 6.92 Å². The lowest BCUT2D eigenvalue weighted by Crippen LogP contribution is -2.50. The van der Waals surface area contributed by atoms with Gasteiger partial charge in [-0.15, -0.1) is 0 Å². The van der Waals surface area contributed by atoms with Crippen molar-refractivity contribution in [1.29, 1.82) is 0 Å². The summed E-state index contributed by atoms with van der Waals surface area (Å²) in [6.07, 6.45) is 2.17. The molecule has 3 heterocycles. The molecule has 22 heavy (non-hydrogen) atoms. The standard InChI is InChI=1S/C15H19N5O2/c1-3-12(21)19-7-9-20(10-8-19)14-15(22)18(2)13-11(17-14)5-4-6-16-13/h4-6H,3,7-10H2,1-2H3. The lowest BCUT2D eigenvalue weighted by atomic mass is 10.3. The number of carbonyl (C=O) groups excluding carboxylic acids is 1. The van der Waals surface area contributed by atoms with E-state index < -0.39 is 0 Å². The molecule has 3 rings (SSSR count). The lowest BCUT2D eigenvalue weighted by Gasteiger charge is -2.35. The summed E-state index contributed by atoms with van der Waals surface area (Å²) in [5.74, 6) is 0.592. The topological polar surface area (TPSA) is 71.3 Å². The van der Waals surface area contributed by atoms with Gasteiger partial charge in [0.1, 0.15) is 5.52 Å². The fourth-order valence-electron chi connectivity index (χ4n) is 2.74. The van der Waals surface area contributed by atoms with Crippen LogP contribution in [0.25, 0.3) is 11.2 Å². The van der Waals surface area contributed by atoms with Gasteiger partial charge in [-0.25, -0.2) is 9.97 Å². The quantitative estimate of drug-likeness (QED) is 0.802. The Bertz CT molecular complexity index is 762. The van der Waals surface area contributed by atoms with Crippen molar-refractivity contribution in [2.45, 2.75) is 13.3 Å². The number of carbonyl (C=O) groups is 1. The van der Waals surface area contributed by atoms with Crippen molar-refractivity contribution in [2.75, 3.05) is 31.1 Å². The summed E-state index contributed by atoms with van der Waals surface area (Å²) in [6, 6.07) is 3.66. The number of piperazine rings is 1. The number of rotatable bonds is 2. The molecule has 0 unspecified atom stereocenters. The number of hydrogen-bond acceptors (Lipinski definition) is 5. The summed E-state index contributed by atoms with van der Waals surface area (Å²) < 4.78 is 1.53. The van der Waals surface area contributed by atoms with Crippen molar-refractivity contribution >= 4 is 22.9 Å². The maximum absolute atomic E-state index is 12.5. The molecule has 2 aromatic heterocycles. The van der Waals surface area contributed by atoms with E-state index >= 15 is 0 Å². The first-order valence-corrected chi connectivity index (χ1v) is 7.46. The van der Waals surface area contributed by atoms with Gasteiger partial charge < -0.3 is 9.80 Å². The number of aromatic nitrogens is 3. The first-order valence-electron chi connectivity index (χ1n) is 7.46. The predicted molar refractivity (Wildman–Crippen MR) is 83.9 cm³/mol. The minimum atomic E-state index is -0.151. The SMILES string of the molecule is CCC(=O)N1CCN(c2nc3cccnc3n(C)c2=O)CC1. The predicted octanol–water partition coefficient (Wildman–Crippen LogP) is 0.387. The molecule has 0 aromatic carbocycles. The van der Waals surface area contributed by atoms with Crippen LogP contribution in [0, 0.1) is 0 Å². The minimum Gasteiger partial charge on any atom is -0.348 e. The number of aryl methyl sites for hydroxylation is 1. The van der Waals surface area contributed by atoms with Crippen molar-refractivity contribution in [2.24, 2.45) is 7.05 Å². The zero-order valence-electron chi connectivity index (χ0n) is 12.8. The number of hydrogen-bond donors (Lipinski definition) is 0. The molecule has 0 bridgehead atoms. The second-order valence-electron chi connectivity index (χ2n) is 5.37. The average molecular weight is 301 g/mol. The smallest absolute Gasteiger partial charge is 0.294 e. The fraction of sp³-hybridized carbons (Fsp3) is 0.467. The van der Waals surface area contributed by atoms with Gasteiger partial charge in [-0.3, -0.25) is 14.2 Å². The first kappa shape index (κ1) is 14.5. The van der Waals surface area contributed by atoms with Crippen LogP contribution in [0.4, 0.5) is 5.82 Å². The monoisotopic (exact) mass is 301 g/mol. The average Bonchev–Trinajstić information content (AvgIpc) is 2.57. The molecule has 1 fully saturated rings. The molecule has 0 aliphatic carbocycles. The van der Waals surface area contributed by atoms with Crippen LogP contribution in [0.15, 0.2) is 23.1 Å². The Hall–Kier alpha value is -2.44. The molecule has 116 valence electrons. The fourth-order valence-corrected chi connectivity index (χ4v) is 2.74. The van der Waals surface area contributed by atoms with Crippen molar-refractivity contribution in [3.05, 3.63) is 28.7 Å². The van der Waals surface area contributed by atoms with Crippen molar-refractivity contribution < 1.29 is 4.79 Å². The van der Waals surface area contributed by atoms with Gasteiger partial charge in [0.05, 0.1) is 0 Å². The maximum atomic E-state index is 12.5. The van der Waals surface area contributed by atoms with Crippen LogP contribution < -0.4 is 10.5 Å². The molecule has 1 aliphatic rings. The van der Waals surface area contributed by atoms with Gasteiger partial charge in [-0.2, -0.15) is 0 Å². The molecule has 7 heteroatoms. The van der Waals surface area contributed by atoms with Gasteiger partial charge in [0, 0.05) is 45.8 Å². The zero-order chi connectivity index (χ0) is 15.7. The number of anilines is 1. The van der Waals surface area contributed by atoms with Crippen molar-refractivity contribution in [3.63, 3.8) is 0 Å². The molecule has 0 radical (unpaired) electrons. The Labute approximate surface area is 128 Å². The third kappa shape index (κ3) is 2.43. The lowest BCUT2D eigenvalue weighted by molar-refractivity contribution is -0.131. The molecule has 1 aliphatic heterocycles. The normalized spacial score (nSPS) is 15.4. The van der Waals surface area contributed by atoms with Crippen LogP contribution in [0.2, 0.25) is 0 Å². The van der Waals surface area contributed by atoms with E-state index in [1.54, 1.807) is 19.3 Å². The van der Waals surface area contributed by atoms with Gasteiger partial charge in [0.15, 0.2) is 11.5 Å². The molecular weight excluding hydrogens is 282 g/mol. The van der Waals surface area contributed by atoms with E-state index in [4.69, 9.17) is 0 Å². The molecule has 0 atom stereocenters. The second kappa shape index (κ2) is 5.75. The highest BCUT2D eigenvalue weighted by molar-refractivity contribution is 5.76. The van der Waals surface area contributed by atoms with Crippen LogP contribution in [-0.4, -0.2) is 51.5 Å².